The number of hydrogen-bond acceptors (Lipinski definition) is 4. The van der Waals surface area contributed by atoms with Crippen LogP contribution in [0.2, 0.25) is 0 Å². The first-order chi connectivity index (χ1) is 10.0. The van der Waals surface area contributed by atoms with E-state index in [1.54, 1.807) is 26.2 Å². The van der Waals surface area contributed by atoms with Gasteiger partial charge in [0.25, 0.3) is 5.91 Å². The molecule has 1 aliphatic rings. The standard InChI is InChI=1S/C15H21N3O3/c1-17(2)14(19)11-7-8-13(16-10-11)18-9-5-3-4-6-12(18)15(20)21/h7-8,10,12H,3-6,9H2,1-2H3,(H,20,21). The van der Waals surface area contributed by atoms with Gasteiger partial charge in [-0.1, -0.05) is 12.8 Å². The van der Waals surface area contributed by atoms with Crippen LogP contribution in [0.4, 0.5) is 5.82 Å². The number of carboxylic acids is 1. The SMILES string of the molecule is CN(C)C(=O)c1ccc(N2CCCCCC2C(=O)O)nc1. The minimum absolute atomic E-state index is 0.111. The second kappa shape index (κ2) is 6.56. The smallest absolute Gasteiger partial charge is 0.326 e. The van der Waals surface area contributed by atoms with Crippen LogP contribution in [0.15, 0.2) is 18.3 Å². The average Bonchev–Trinajstić information content (AvgIpc) is 2.72. The Morgan fingerprint density at radius 3 is 2.62 bits per heavy atom. The minimum atomic E-state index is -0.813. The minimum Gasteiger partial charge on any atom is -0.480 e. The normalized spacial score (nSPS) is 19.0. The molecule has 1 N–H and O–H groups in total. The van der Waals surface area contributed by atoms with E-state index in [0.29, 0.717) is 24.3 Å². The highest BCUT2D eigenvalue weighted by molar-refractivity contribution is 5.93. The lowest BCUT2D eigenvalue weighted by atomic mass is 10.1. The highest BCUT2D eigenvalue weighted by Crippen LogP contribution is 2.23. The Morgan fingerprint density at radius 1 is 1.29 bits per heavy atom. The number of pyridine rings is 1. The molecule has 0 aliphatic carbocycles. The van der Waals surface area contributed by atoms with Gasteiger partial charge in [-0.25, -0.2) is 9.78 Å². The second-order valence-electron chi connectivity index (χ2n) is 5.50. The van der Waals surface area contributed by atoms with Gasteiger partial charge in [-0.05, 0) is 25.0 Å². The van der Waals surface area contributed by atoms with Crippen LogP contribution in [0, 0.1) is 0 Å². The molecule has 6 heteroatoms. The summed E-state index contributed by atoms with van der Waals surface area (Å²) < 4.78 is 0. The van der Waals surface area contributed by atoms with Crippen LogP contribution in [-0.2, 0) is 4.79 Å². The van der Waals surface area contributed by atoms with Gasteiger partial charge in [0.2, 0.25) is 0 Å². The quantitative estimate of drug-likeness (QED) is 0.916. The Morgan fingerprint density at radius 2 is 2.05 bits per heavy atom. The maximum Gasteiger partial charge on any atom is 0.326 e. The summed E-state index contributed by atoms with van der Waals surface area (Å²) in [6, 6.07) is 2.90. The Kier molecular flexibility index (Phi) is 4.77. The molecule has 21 heavy (non-hydrogen) atoms. The number of carbonyl (C=O) groups excluding carboxylic acids is 1. The van der Waals surface area contributed by atoms with Gasteiger partial charge in [0.05, 0.1) is 5.56 Å². The first-order valence-corrected chi connectivity index (χ1v) is 7.18. The molecule has 1 aromatic heterocycles. The molecule has 2 heterocycles. The molecule has 0 spiro atoms. The number of aromatic nitrogens is 1. The summed E-state index contributed by atoms with van der Waals surface area (Å²) in [4.78, 5) is 30.9. The van der Waals surface area contributed by atoms with E-state index in [9.17, 15) is 14.7 Å². The molecular weight excluding hydrogens is 270 g/mol. The highest BCUT2D eigenvalue weighted by atomic mass is 16.4. The maximum atomic E-state index is 11.8. The maximum absolute atomic E-state index is 11.8. The summed E-state index contributed by atoms with van der Waals surface area (Å²) in [6.45, 7) is 0.685. The molecule has 0 radical (unpaired) electrons. The molecule has 0 aromatic carbocycles. The third-order valence-electron chi connectivity index (χ3n) is 3.73. The van der Waals surface area contributed by atoms with Crippen LogP contribution in [0.25, 0.3) is 0 Å². The molecule has 1 atom stereocenters. The molecule has 1 aliphatic heterocycles. The van der Waals surface area contributed by atoms with E-state index < -0.39 is 12.0 Å². The first-order valence-electron chi connectivity index (χ1n) is 7.18. The molecule has 1 fully saturated rings. The van der Waals surface area contributed by atoms with Gasteiger partial charge >= 0.3 is 5.97 Å². The van der Waals surface area contributed by atoms with E-state index >= 15 is 0 Å². The predicted octanol–water partition coefficient (Wildman–Crippen LogP) is 1.62. The van der Waals surface area contributed by atoms with Crippen molar-refractivity contribution < 1.29 is 14.7 Å². The number of aliphatic carboxylic acids is 1. The largest absolute Gasteiger partial charge is 0.480 e. The zero-order chi connectivity index (χ0) is 15.4. The first kappa shape index (κ1) is 15.3. The lowest BCUT2D eigenvalue weighted by Crippen LogP contribution is -2.41. The van der Waals surface area contributed by atoms with Crippen molar-refractivity contribution in [2.45, 2.75) is 31.7 Å². The van der Waals surface area contributed by atoms with Crippen LogP contribution >= 0.6 is 0 Å². The predicted molar refractivity (Wildman–Crippen MR) is 79.5 cm³/mol. The molecular formula is C15H21N3O3. The van der Waals surface area contributed by atoms with E-state index in [1.165, 1.54) is 11.1 Å². The van der Waals surface area contributed by atoms with Gasteiger partial charge in [0, 0.05) is 26.8 Å². The Bertz CT molecular complexity index is 513. The summed E-state index contributed by atoms with van der Waals surface area (Å²) in [7, 11) is 3.37. The number of carboxylic acid groups (broad SMARTS) is 1. The molecule has 1 unspecified atom stereocenters. The molecule has 1 aromatic rings. The van der Waals surface area contributed by atoms with Crippen LogP contribution in [-0.4, -0.2) is 53.5 Å². The highest BCUT2D eigenvalue weighted by Gasteiger charge is 2.28. The number of rotatable bonds is 3. The van der Waals surface area contributed by atoms with Crippen molar-refractivity contribution in [3.8, 4) is 0 Å². The fourth-order valence-corrected chi connectivity index (χ4v) is 2.58. The van der Waals surface area contributed by atoms with Gasteiger partial charge in [-0.3, -0.25) is 4.79 Å². The Hall–Kier alpha value is -2.11. The Balaban J connectivity index is 2.23. The number of hydrogen-bond donors (Lipinski definition) is 1. The van der Waals surface area contributed by atoms with Gasteiger partial charge in [0.1, 0.15) is 11.9 Å². The second-order valence-corrected chi connectivity index (χ2v) is 5.50. The molecule has 1 amide bonds. The molecule has 1 saturated heterocycles. The van der Waals surface area contributed by atoms with Crippen molar-refractivity contribution in [3.05, 3.63) is 23.9 Å². The lowest BCUT2D eigenvalue weighted by molar-refractivity contribution is -0.138. The van der Waals surface area contributed by atoms with Crippen molar-refractivity contribution in [2.24, 2.45) is 0 Å². The number of carbonyl (C=O) groups is 2. The topological polar surface area (TPSA) is 73.7 Å². The summed E-state index contributed by atoms with van der Waals surface area (Å²) in [5, 5.41) is 9.38. The van der Waals surface area contributed by atoms with Crippen molar-refractivity contribution in [1.82, 2.24) is 9.88 Å². The molecule has 2 rings (SSSR count). The van der Waals surface area contributed by atoms with E-state index in [2.05, 4.69) is 4.98 Å². The summed E-state index contributed by atoms with van der Waals surface area (Å²) in [5.41, 5.74) is 0.505. The van der Waals surface area contributed by atoms with E-state index in [0.717, 1.165) is 19.3 Å². The van der Waals surface area contributed by atoms with E-state index in [4.69, 9.17) is 0 Å². The fraction of sp³-hybridized carbons (Fsp3) is 0.533. The third-order valence-corrected chi connectivity index (χ3v) is 3.73. The molecule has 6 nitrogen and oxygen atoms in total. The zero-order valence-corrected chi connectivity index (χ0v) is 12.5. The van der Waals surface area contributed by atoms with Crippen molar-refractivity contribution >= 4 is 17.7 Å². The van der Waals surface area contributed by atoms with Gasteiger partial charge in [-0.2, -0.15) is 0 Å². The zero-order valence-electron chi connectivity index (χ0n) is 12.5. The fourth-order valence-electron chi connectivity index (χ4n) is 2.58. The number of nitrogens with zero attached hydrogens (tertiary/aromatic N) is 3. The molecule has 114 valence electrons. The van der Waals surface area contributed by atoms with E-state index in [1.807, 2.05) is 4.90 Å². The van der Waals surface area contributed by atoms with E-state index in [-0.39, 0.29) is 5.91 Å². The van der Waals surface area contributed by atoms with Gasteiger partial charge < -0.3 is 14.9 Å². The summed E-state index contributed by atoms with van der Waals surface area (Å²) >= 11 is 0. The third kappa shape index (κ3) is 3.51. The van der Waals surface area contributed by atoms with Crippen molar-refractivity contribution in [2.75, 3.05) is 25.5 Å². The monoisotopic (exact) mass is 291 g/mol. The Labute approximate surface area is 124 Å². The average molecular weight is 291 g/mol. The molecule has 0 bridgehead atoms. The van der Waals surface area contributed by atoms with Crippen LogP contribution in [0.5, 0.6) is 0 Å². The molecule has 0 saturated carbocycles. The van der Waals surface area contributed by atoms with Crippen molar-refractivity contribution in [3.63, 3.8) is 0 Å². The van der Waals surface area contributed by atoms with Crippen LogP contribution < -0.4 is 4.90 Å². The van der Waals surface area contributed by atoms with Crippen LogP contribution in [0.3, 0.4) is 0 Å². The van der Waals surface area contributed by atoms with Crippen molar-refractivity contribution in [1.29, 1.82) is 0 Å². The lowest BCUT2D eigenvalue weighted by Gasteiger charge is -2.28. The summed E-state index contributed by atoms with van der Waals surface area (Å²) in [6.07, 6.45) is 5.07. The van der Waals surface area contributed by atoms with Gasteiger partial charge in [0.15, 0.2) is 0 Å². The summed E-state index contributed by atoms with van der Waals surface area (Å²) in [5.74, 6) is -0.300. The van der Waals surface area contributed by atoms with Crippen LogP contribution in [0.1, 0.15) is 36.0 Å². The number of amides is 1. The van der Waals surface area contributed by atoms with Gasteiger partial charge in [-0.15, -0.1) is 0 Å². The number of anilines is 1.